The summed E-state index contributed by atoms with van der Waals surface area (Å²) in [7, 11) is 0. The Balaban J connectivity index is 2.07. The van der Waals surface area contributed by atoms with E-state index >= 15 is 0 Å². The topological polar surface area (TPSA) is 38.0 Å². The van der Waals surface area contributed by atoms with Gasteiger partial charge in [-0.05, 0) is 58.2 Å². The van der Waals surface area contributed by atoms with E-state index in [4.69, 9.17) is 5.73 Å². The van der Waals surface area contributed by atoms with E-state index in [-0.39, 0.29) is 0 Å². The van der Waals surface area contributed by atoms with E-state index in [1.54, 1.807) is 0 Å². The van der Waals surface area contributed by atoms with E-state index in [1.165, 1.54) is 11.1 Å². The van der Waals surface area contributed by atoms with Gasteiger partial charge in [0.2, 0.25) is 0 Å². The van der Waals surface area contributed by atoms with Gasteiger partial charge in [-0.3, -0.25) is 0 Å². The van der Waals surface area contributed by atoms with Crippen LogP contribution in [0.1, 0.15) is 11.1 Å². The summed E-state index contributed by atoms with van der Waals surface area (Å²) in [5.41, 5.74) is 10.1. The lowest BCUT2D eigenvalue weighted by atomic mass is 10.2. The molecule has 0 unspecified atom stereocenters. The van der Waals surface area contributed by atoms with Crippen LogP contribution in [0.2, 0.25) is 0 Å². The van der Waals surface area contributed by atoms with Gasteiger partial charge in [-0.2, -0.15) is 0 Å². The Labute approximate surface area is 110 Å². The van der Waals surface area contributed by atoms with Crippen molar-refractivity contribution in [3.8, 4) is 0 Å². The molecule has 2 rings (SSSR count). The van der Waals surface area contributed by atoms with Crippen LogP contribution < -0.4 is 11.1 Å². The van der Waals surface area contributed by atoms with Crippen LogP contribution in [0.15, 0.2) is 46.9 Å². The zero-order valence-corrected chi connectivity index (χ0v) is 11.3. The summed E-state index contributed by atoms with van der Waals surface area (Å²) in [6.45, 7) is 2.85. The summed E-state index contributed by atoms with van der Waals surface area (Å²) in [6, 6.07) is 14.2. The molecule has 0 bridgehead atoms. The fraction of sp³-hybridized carbons (Fsp3) is 0.143. The molecule has 0 amide bonds. The first-order valence-electron chi connectivity index (χ1n) is 5.49. The van der Waals surface area contributed by atoms with Crippen LogP contribution in [0.3, 0.4) is 0 Å². The highest BCUT2D eigenvalue weighted by Crippen LogP contribution is 2.24. The minimum Gasteiger partial charge on any atom is -0.399 e. The Hall–Kier alpha value is -1.48. The van der Waals surface area contributed by atoms with Gasteiger partial charge >= 0.3 is 0 Å². The van der Waals surface area contributed by atoms with Crippen molar-refractivity contribution >= 4 is 27.3 Å². The van der Waals surface area contributed by atoms with Crippen molar-refractivity contribution in [2.24, 2.45) is 0 Å². The van der Waals surface area contributed by atoms with Crippen LogP contribution in [0.5, 0.6) is 0 Å². The second-order valence-electron chi connectivity index (χ2n) is 4.08. The molecule has 0 aliphatic heterocycles. The molecule has 3 N–H and O–H groups in total. The van der Waals surface area contributed by atoms with Gasteiger partial charge in [0.1, 0.15) is 0 Å². The quantitative estimate of drug-likeness (QED) is 0.840. The highest BCUT2D eigenvalue weighted by molar-refractivity contribution is 9.10. The molecule has 0 aliphatic carbocycles. The lowest BCUT2D eigenvalue weighted by Crippen LogP contribution is -2.00. The maximum atomic E-state index is 5.74. The number of hydrogen-bond acceptors (Lipinski definition) is 2. The summed E-state index contributed by atoms with van der Waals surface area (Å²) >= 11 is 3.55. The molecule has 17 heavy (non-hydrogen) atoms. The number of benzene rings is 2. The first-order valence-corrected chi connectivity index (χ1v) is 6.29. The summed E-state index contributed by atoms with van der Waals surface area (Å²) in [6.07, 6.45) is 0. The molecule has 0 fully saturated rings. The third-order valence-electron chi connectivity index (χ3n) is 2.56. The maximum Gasteiger partial charge on any atom is 0.0487 e. The number of aryl methyl sites for hydroxylation is 1. The average molecular weight is 291 g/mol. The van der Waals surface area contributed by atoms with Gasteiger partial charge in [0, 0.05) is 22.4 Å². The molecule has 0 saturated carbocycles. The van der Waals surface area contributed by atoms with Crippen molar-refractivity contribution in [1.82, 2.24) is 0 Å². The minimum absolute atomic E-state index is 0.771. The maximum absolute atomic E-state index is 5.74. The predicted octanol–water partition coefficient (Wildman–Crippen LogP) is 3.95. The zero-order valence-electron chi connectivity index (χ0n) is 9.70. The van der Waals surface area contributed by atoms with Crippen molar-refractivity contribution in [3.63, 3.8) is 0 Å². The Kier molecular flexibility index (Phi) is 3.69. The summed E-state index contributed by atoms with van der Waals surface area (Å²) < 4.78 is 1.08. The fourth-order valence-electron chi connectivity index (χ4n) is 1.66. The van der Waals surface area contributed by atoms with Crippen LogP contribution in [0.25, 0.3) is 0 Å². The van der Waals surface area contributed by atoms with Crippen LogP contribution in [0.4, 0.5) is 11.4 Å². The van der Waals surface area contributed by atoms with E-state index in [2.05, 4.69) is 52.4 Å². The van der Waals surface area contributed by atoms with Gasteiger partial charge in [-0.25, -0.2) is 0 Å². The van der Waals surface area contributed by atoms with Crippen LogP contribution in [-0.2, 0) is 6.54 Å². The number of nitrogen functional groups attached to an aromatic ring is 1. The van der Waals surface area contributed by atoms with E-state index in [0.717, 1.165) is 22.4 Å². The van der Waals surface area contributed by atoms with Crippen molar-refractivity contribution in [2.75, 3.05) is 11.1 Å². The molecule has 2 aromatic rings. The number of hydrogen-bond donors (Lipinski definition) is 2. The number of nitrogens with one attached hydrogen (secondary N) is 1. The molecule has 0 radical (unpaired) electrons. The molecule has 0 atom stereocenters. The molecule has 0 heterocycles. The van der Waals surface area contributed by atoms with Gasteiger partial charge in [0.25, 0.3) is 0 Å². The Morgan fingerprint density at radius 1 is 1.18 bits per heavy atom. The zero-order chi connectivity index (χ0) is 12.3. The molecule has 2 aromatic carbocycles. The van der Waals surface area contributed by atoms with Gasteiger partial charge < -0.3 is 11.1 Å². The van der Waals surface area contributed by atoms with Crippen LogP contribution >= 0.6 is 15.9 Å². The SMILES string of the molecule is Cc1ccc(NCc2cccc(N)c2)c(Br)c1. The fourth-order valence-corrected chi connectivity index (χ4v) is 2.30. The third kappa shape index (κ3) is 3.24. The van der Waals surface area contributed by atoms with Gasteiger partial charge in [-0.1, -0.05) is 18.2 Å². The van der Waals surface area contributed by atoms with Crippen LogP contribution in [0, 0.1) is 6.92 Å². The summed E-state index contributed by atoms with van der Waals surface area (Å²) in [4.78, 5) is 0. The second kappa shape index (κ2) is 5.23. The highest BCUT2D eigenvalue weighted by atomic mass is 79.9. The molecular formula is C14H15BrN2. The molecule has 0 spiro atoms. The molecule has 0 aromatic heterocycles. The molecule has 3 heteroatoms. The first kappa shape index (κ1) is 12.0. The smallest absolute Gasteiger partial charge is 0.0487 e. The monoisotopic (exact) mass is 290 g/mol. The highest BCUT2D eigenvalue weighted by Gasteiger charge is 1.99. The number of nitrogens with two attached hydrogens (primary N) is 1. The van der Waals surface area contributed by atoms with E-state index < -0.39 is 0 Å². The van der Waals surface area contributed by atoms with Crippen molar-refractivity contribution in [2.45, 2.75) is 13.5 Å². The van der Waals surface area contributed by atoms with Crippen molar-refractivity contribution in [3.05, 3.63) is 58.1 Å². The Bertz CT molecular complexity index is 523. The second-order valence-corrected chi connectivity index (χ2v) is 4.94. The van der Waals surface area contributed by atoms with Gasteiger partial charge in [-0.15, -0.1) is 0 Å². The van der Waals surface area contributed by atoms with Crippen LogP contribution in [-0.4, -0.2) is 0 Å². The van der Waals surface area contributed by atoms with E-state index in [9.17, 15) is 0 Å². The molecule has 2 nitrogen and oxygen atoms in total. The van der Waals surface area contributed by atoms with Crippen molar-refractivity contribution in [1.29, 1.82) is 0 Å². The lowest BCUT2D eigenvalue weighted by molar-refractivity contribution is 1.15. The number of halogens is 1. The normalized spacial score (nSPS) is 10.2. The van der Waals surface area contributed by atoms with E-state index in [1.807, 2.05) is 18.2 Å². The lowest BCUT2D eigenvalue weighted by Gasteiger charge is -2.09. The molecule has 0 aliphatic rings. The Morgan fingerprint density at radius 2 is 2.00 bits per heavy atom. The van der Waals surface area contributed by atoms with E-state index in [0.29, 0.717) is 0 Å². The summed E-state index contributed by atoms with van der Waals surface area (Å²) in [5.74, 6) is 0. The third-order valence-corrected chi connectivity index (χ3v) is 3.21. The Morgan fingerprint density at radius 3 is 2.71 bits per heavy atom. The first-order chi connectivity index (χ1) is 8.15. The molecule has 0 saturated heterocycles. The molecule has 88 valence electrons. The van der Waals surface area contributed by atoms with Gasteiger partial charge in [0.15, 0.2) is 0 Å². The van der Waals surface area contributed by atoms with Gasteiger partial charge in [0.05, 0.1) is 0 Å². The molecular weight excluding hydrogens is 276 g/mol. The largest absolute Gasteiger partial charge is 0.399 e. The summed E-state index contributed by atoms with van der Waals surface area (Å²) in [5, 5.41) is 3.38. The minimum atomic E-state index is 0.771. The standard InChI is InChI=1S/C14H15BrN2/c1-10-5-6-14(13(15)7-10)17-9-11-3-2-4-12(16)8-11/h2-8,17H,9,16H2,1H3. The average Bonchev–Trinajstić information content (AvgIpc) is 2.28. The number of rotatable bonds is 3. The predicted molar refractivity (Wildman–Crippen MR) is 77.1 cm³/mol. The number of anilines is 2. The van der Waals surface area contributed by atoms with Crippen molar-refractivity contribution < 1.29 is 0 Å².